The van der Waals surface area contributed by atoms with Crippen LogP contribution in [0.2, 0.25) is 0 Å². The van der Waals surface area contributed by atoms with E-state index >= 15 is 0 Å². The molecule has 30 heavy (non-hydrogen) atoms. The minimum atomic E-state index is -0.604. The molecule has 0 radical (unpaired) electrons. The van der Waals surface area contributed by atoms with Gasteiger partial charge in [0.05, 0.1) is 17.4 Å². The third-order valence-electron chi connectivity index (χ3n) is 4.54. The van der Waals surface area contributed by atoms with Gasteiger partial charge in [0.15, 0.2) is 0 Å². The van der Waals surface area contributed by atoms with Crippen LogP contribution in [0.5, 0.6) is 0 Å². The van der Waals surface area contributed by atoms with Crippen LogP contribution >= 0.6 is 0 Å². The number of aromatic nitrogens is 2. The van der Waals surface area contributed by atoms with Crippen molar-refractivity contribution in [3.05, 3.63) is 36.0 Å². The summed E-state index contributed by atoms with van der Waals surface area (Å²) in [5.74, 6) is 0.347. The largest absolute Gasteiger partial charge is 0.443 e. The third kappa shape index (κ3) is 5.01. The second kappa shape index (κ2) is 7.78. The first-order valence-corrected chi connectivity index (χ1v) is 10.3. The standard InChI is InChI=1S/C23H31N3O4/c1-15-8-10-18(25(14-15)20(27)29-22(2,3)4)16-9-11-19-17(12-16)13-24-26(19)21(28)30-23(5,6)7/h9-13,15H,8,14H2,1-7H3. The first kappa shape index (κ1) is 21.9. The quantitative estimate of drug-likeness (QED) is 0.623. The number of ether oxygens (including phenoxy) is 2. The summed E-state index contributed by atoms with van der Waals surface area (Å²) in [5, 5.41) is 4.99. The average Bonchev–Trinajstić information content (AvgIpc) is 3.02. The van der Waals surface area contributed by atoms with Crippen LogP contribution in [0.15, 0.2) is 30.5 Å². The number of amides is 1. The zero-order valence-electron chi connectivity index (χ0n) is 18.9. The summed E-state index contributed by atoms with van der Waals surface area (Å²) in [6, 6.07) is 5.65. The van der Waals surface area contributed by atoms with Crippen LogP contribution in [0.25, 0.3) is 16.6 Å². The Morgan fingerprint density at radius 2 is 1.67 bits per heavy atom. The maximum absolute atomic E-state index is 12.8. The van der Waals surface area contributed by atoms with Gasteiger partial charge in [0, 0.05) is 11.9 Å². The van der Waals surface area contributed by atoms with Crippen molar-refractivity contribution in [2.24, 2.45) is 5.92 Å². The zero-order chi connectivity index (χ0) is 22.3. The molecule has 0 aliphatic carbocycles. The summed E-state index contributed by atoms with van der Waals surface area (Å²) >= 11 is 0. The second-order valence-corrected chi connectivity index (χ2v) is 9.83. The van der Waals surface area contributed by atoms with Crippen LogP contribution in [0.1, 0.15) is 60.5 Å². The number of hydrogen-bond acceptors (Lipinski definition) is 5. The van der Waals surface area contributed by atoms with Gasteiger partial charge in [-0.2, -0.15) is 9.78 Å². The highest BCUT2D eigenvalue weighted by molar-refractivity contribution is 5.91. The van der Waals surface area contributed by atoms with Gasteiger partial charge < -0.3 is 9.47 Å². The minimum absolute atomic E-state index is 0.347. The average molecular weight is 414 g/mol. The van der Waals surface area contributed by atoms with Gasteiger partial charge in [-0.3, -0.25) is 4.90 Å². The zero-order valence-corrected chi connectivity index (χ0v) is 18.9. The van der Waals surface area contributed by atoms with Gasteiger partial charge in [0.1, 0.15) is 11.2 Å². The number of nitrogens with zero attached hydrogens (tertiary/aromatic N) is 3. The second-order valence-electron chi connectivity index (χ2n) is 9.83. The smallest absolute Gasteiger partial charge is 0.435 e. The molecule has 3 rings (SSSR count). The van der Waals surface area contributed by atoms with Gasteiger partial charge in [-0.1, -0.05) is 19.1 Å². The van der Waals surface area contributed by atoms with Crippen LogP contribution in [-0.2, 0) is 9.47 Å². The minimum Gasteiger partial charge on any atom is -0.443 e. The number of carbonyl (C=O) groups is 2. The lowest BCUT2D eigenvalue weighted by atomic mass is 9.98. The fraction of sp³-hybridized carbons (Fsp3) is 0.522. The fourth-order valence-corrected chi connectivity index (χ4v) is 3.31. The van der Waals surface area contributed by atoms with E-state index in [0.717, 1.165) is 23.1 Å². The molecular formula is C23H31N3O4. The van der Waals surface area contributed by atoms with Gasteiger partial charge in [0.25, 0.3) is 0 Å². The molecule has 0 saturated carbocycles. The van der Waals surface area contributed by atoms with Gasteiger partial charge in [-0.15, -0.1) is 0 Å². The molecule has 2 heterocycles. The van der Waals surface area contributed by atoms with E-state index < -0.39 is 17.3 Å². The number of hydrogen-bond donors (Lipinski definition) is 0. The lowest BCUT2D eigenvalue weighted by Gasteiger charge is -2.34. The maximum Gasteiger partial charge on any atom is 0.435 e. The van der Waals surface area contributed by atoms with Gasteiger partial charge >= 0.3 is 12.2 Å². The Balaban J connectivity index is 1.93. The monoisotopic (exact) mass is 413 g/mol. The lowest BCUT2D eigenvalue weighted by molar-refractivity contribution is 0.0327. The number of benzene rings is 1. The van der Waals surface area contributed by atoms with Crippen molar-refractivity contribution in [2.75, 3.05) is 6.54 Å². The molecule has 0 N–H and O–H groups in total. The van der Waals surface area contributed by atoms with E-state index in [1.807, 2.05) is 59.7 Å². The Bertz CT molecular complexity index is 992. The molecule has 0 bridgehead atoms. The predicted molar refractivity (Wildman–Crippen MR) is 116 cm³/mol. The lowest BCUT2D eigenvalue weighted by Crippen LogP contribution is -2.39. The molecule has 1 aliphatic heterocycles. The van der Waals surface area contributed by atoms with E-state index in [1.165, 1.54) is 4.68 Å². The van der Waals surface area contributed by atoms with Crippen LogP contribution in [-0.4, -0.2) is 44.6 Å². The molecule has 162 valence electrons. The van der Waals surface area contributed by atoms with Crippen molar-refractivity contribution in [1.82, 2.24) is 14.7 Å². The summed E-state index contributed by atoms with van der Waals surface area (Å²) in [5.41, 5.74) is 1.17. The Kier molecular flexibility index (Phi) is 5.67. The van der Waals surface area contributed by atoms with Crippen molar-refractivity contribution < 1.29 is 19.1 Å². The molecule has 1 amide bonds. The highest BCUT2D eigenvalue weighted by Gasteiger charge is 2.29. The van der Waals surface area contributed by atoms with Crippen molar-refractivity contribution in [2.45, 2.75) is 66.1 Å². The van der Waals surface area contributed by atoms with E-state index in [2.05, 4.69) is 18.1 Å². The van der Waals surface area contributed by atoms with E-state index in [9.17, 15) is 9.59 Å². The topological polar surface area (TPSA) is 73.7 Å². The third-order valence-corrected chi connectivity index (χ3v) is 4.54. The van der Waals surface area contributed by atoms with Crippen molar-refractivity contribution in [1.29, 1.82) is 0 Å². The van der Waals surface area contributed by atoms with Crippen molar-refractivity contribution in [3.63, 3.8) is 0 Å². The summed E-state index contributed by atoms with van der Waals surface area (Å²) in [7, 11) is 0. The summed E-state index contributed by atoms with van der Waals surface area (Å²) in [4.78, 5) is 26.9. The molecule has 1 aromatic heterocycles. The Hall–Kier alpha value is -2.83. The molecule has 1 atom stereocenters. The van der Waals surface area contributed by atoms with Gasteiger partial charge in [-0.05, 0) is 71.6 Å². The van der Waals surface area contributed by atoms with Crippen LogP contribution in [0.4, 0.5) is 9.59 Å². The molecule has 7 heteroatoms. The Labute approximate surface area is 177 Å². The van der Waals surface area contributed by atoms with Gasteiger partial charge in [0.2, 0.25) is 0 Å². The highest BCUT2D eigenvalue weighted by Crippen LogP contribution is 2.31. The normalized spacial score (nSPS) is 17.6. The SMILES string of the molecule is CC1CC=C(c2ccc3c(cnn3C(=O)OC(C)(C)C)c2)N(C(=O)OC(C)(C)C)C1. The number of rotatable bonds is 1. The molecule has 1 aliphatic rings. The van der Waals surface area contributed by atoms with E-state index in [0.29, 0.717) is 18.0 Å². The highest BCUT2D eigenvalue weighted by atomic mass is 16.6. The molecule has 7 nitrogen and oxygen atoms in total. The van der Waals surface area contributed by atoms with Gasteiger partial charge in [-0.25, -0.2) is 9.59 Å². The van der Waals surface area contributed by atoms with Crippen LogP contribution in [0.3, 0.4) is 0 Å². The summed E-state index contributed by atoms with van der Waals surface area (Å²) in [6.45, 7) is 13.7. The first-order valence-electron chi connectivity index (χ1n) is 10.3. The molecule has 0 fully saturated rings. The molecule has 0 saturated heterocycles. The summed E-state index contributed by atoms with van der Waals surface area (Å²) < 4.78 is 12.3. The molecule has 1 unspecified atom stereocenters. The molecule has 0 spiro atoms. The molecular weight excluding hydrogens is 382 g/mol. The number of allylic oxidation sites excluding steroid dienone is 1. The van der Waals surface area contributed by atoms with E-state index in [-0.39, 0.29) is 6.09 Å². The van der Waals surface area contributed by atoms with Crippen molar-refractivity contribution >= 4 is 28.8 Å². The summed E-state index contributed by atoms with van der Waals surface area (Å²) in [6.07, 6.45) is 3.70. The Morgan fingerprint density at radius 1 is 1.03 bits per heavy atom. The number of fused-ring (bicyclic) bond motifs is 1. The Morgan fingerprint density at radius 3 is 2.30 bits per heavy atom. The maximum atomic E-state index is 12.8. The fourth-order valence-electron chi connectivity index (χ4n) is 3.31. The van der Waals surface area contributed by atoms with Crippen molar-refractivity contribution in [3.8, 4) is 0 Å². The van der Waals surface area contributed by atoms with Crippen LogP contribution in [0, 0.1) is 5.92 Å². The predicted octanol–water partition coefficient (Wildman–Crippen LogP) is 5.44. The molecule has 2 aromatic rings. The van der Waals surface area contributed by atoms with E-state index in [1.54, 1.807) is 11.1 Å². The molecule has 1 aromatic carbocycles. The van der Waals surface area contributed by atoms with E-state index in [4.69, 9.17) is 9.47 Å². The number of carbonyl (C=O) groups excluding carboxylic acids is 2. The van der Waals surface area contributed by atoms with Crippen LogP contribution < -0.4 is 0 Å². The first-order chi connectivity index (χ1) is 13.8.